The molecule has 1 aliphatic rings. The number of carbonyl (C=O) groups excluding carboxylic acids is 2. The van der Waals surface area contributed by atoms with Crippen molar-refractivity contribution in [2.45, 2.75) is 33.2 Å². The van der Waals surface area contributed by atoms with Gasteiger partial charge >= 0.3 is 0 Å². The first-order valence-electron chi connectivity index (χ1n) is 7.94. The fraction of sp³-hybridized carbons (Fsp3) is 0.529. The van der Waals surface area contributed by atoms with Crippen LogP contribution in [0.1, 0.15) is 32.3 Å². The number of nitrogens with one attached hydrogen (secondary N) is 3. The minimum Gasteiger partial charge on any atom is -0.352 e. The third-order valence-corrected chi connectivity index (χ3v) is 3.92. The van der Waals surface area contributed by atoms with Crippen molar-refractivity contribution in [3.05, 3.63) is 29.8 Å². The molecule has 0 aliphatic carbocycles. The van der Waals surface area contributed by atoms with E-state index < -0.39 is 0 Å². The molecule has 120 valence electrons. The van der Waals surface area contributed by atoms with Crippen LogP contribution in [0.5, 0.6) is 0 Å². The molecule has 0 atom stereocenters. The van der Waals surface area contributed by atoms with Crippen LogP contribution in [0.4, 0.5) is 5.69 Å². The van der Waals surface area contributed by atoms with Gasteiger partial charge < -0.3 is 16.0 Å². The van der Waals surface area contributed by atoms with E-state index in [9.17, 15) is 9.59 Å². The lowest BCUT2D eigenvalue weighted by Gasteiger charge is -2.21. The van der Waals surface area contributed by atoms with Crippen molar-refractivity contribution in [1.29, 1.82) is 0 Å². The number of piperidine rings is 1. The molecular formula is C17H25N3O2. The Kier molecular flexibility index (Phi) is 5.95. The third kappa shape index (κ3) is 4.84. The van der Waals surface area contributed by atoms with Gasteiger partial charge in [0, 0.05) is 24.1 Å². The van der Waals surface area contributed by atoms with Gasteiger partial charge in [0.25, 0.3) is 0 Å². The van der Waals surface area contributed by atoms with Crippen LogP contribution in [-0.4, -0.2) is 24.9 Å². The molecule has 3 N–H and O–H groups in total. The van der Waals surface area contributed by atoms with Gasteiger partial charge in [-0.25, -0.2) is 0 Å². The van der Waals surface area contributed by atoms with Crippen LogP contribution in [0.15, 0.2) is 24.3 Å². The summed E-state index contributed by atoms with van der Waals surface area (Å²) < 4.78 is 0. The third-order valence-electron chi connectivity index (χ3n) is 3.92. The molecule has 1 heterocycles. The molecule has 2 amide bonds. The first-order valence-corrected chi connectivity index (χ1v) is 7.94. The summed E-state index contributed by atoms with van der Waals surface area (Å²) in [6, 6.07) is 7.59. The predicted molar refractivity (Wildman–Crippen MR) is 87.4 cm³/mol. The highest BCUT2D eigenvalue weighted by Gasteiger charge is 2.20. The van der Waals surface area contributed by atoms with Crippen molar-refractivity contribution in [1.82, 2.24) is 10.6 Å². The van der Waals surface area contributed by atoms with E-state index in [4.69, 9.17) is 0 Å². The second-order valence-corrected chi connectivity index (χ2v) is 6.08. The van der Waals surface area contributed by atoms with E-state index in [0.29, 0.717) is 6.54 Å². The van der Waals surface area contributed by atoms with Gasteiger partial charge in [-0.1, -0.05) is 26.0 Å². The predicted octanol–water partition coefficient (Wildman–Crippen LogP) is 1.90. The monoisotopic (exact) mass is 303 g/mol. The van der Waals surface area contributed by atoms with Crippen LogP contribution in [-0.2, 0) is 16.1 Å². The number of amides is 2. The molecule has 1 fully saturated rings. The van der Waals surface area contributed by atoms with E-state index in [0.717, 1.165) is 37.2 Å². The van der Waals surface area contributed by atoms with Crippen LogP contribution in [0, 0.1) is 11.8 Å². The Morgan fingerprint density at radius 3 is 2.41 bits per heavy atom. The Morgan fingerprint density at radius 2 is 1.82 bits per heavy atom. The van der Waals surface area contributed by atoms with Crippen LogP contribution < -0.4 is 16.0 Å². The van der Waals surface area contributed by atoms with Crippen molar-refractivity contribution in [3.63, 3.8) is 0 Å². The number of hydrogen-bond donors (Lipinski definition) is 3. The second-order valence-electron chi connectivity index (χ2n) is 6.08. The Bertz CT molecular complexity index is 505. The van der Waals surface area contributed by atoms with E-state index in [1.54, 1.807) is 0 Å². The van der Waals surface area contributed by atoms with Crippen molar-refractivity contribution < 1.29 is 9.59 Å². The van der Waals surface area contributed by atoms with Crippen molar-refractivity contribution in [2.75, 3.05) is 18.4 Å². The Balaban J connectivity index is 1.81. The average Bonchev–Trinajstić information content (AvgIpc) is 2.54. The summed E-state index contributed by atoms with van der Waals surface area (Å²) in [6.07, 6.45) is 1.82. The number of carbonyl (C=O) groups is 2. The molecular weight excluding hydrogens is 278 g/mol. The summed E-state index contributed by atoms with van der Waals surface area (Å²) in [6.45, 7) is 6.09. The fourth-order valence-electron chi connectivity index (χ4n) is 2.41. The molecule has 1 aromatic carbocycles. The molecule has 22 heavy (non-hydrogen) atoms. The first-order chi connectivity index (χ1) is 10.6. The van der Waals surface area contributed by atoms with Gasteiger partial charge in [0.15, 0.2) is 0 Å². The molecule has 0 bridgehead atoms. The lowest BCUT2D eigenvalue weighted by molar-refractivity contribution is -0.126. The van der Waals surface area contributed by atoms with E-state index in [1.165, 1.54) is 0 Å². The zero-order chi connectivity index (χ0) is 15.9. The minimum absolute atomic E-state index is 0.00645. The van der Waals surface area contributed by atoms with Crippen LogP contribution in [0.3, 0.4) is 0 Å². The normalized spacial score (nSPS) is 15.6. The van der Waals surface area contributed by atoms with Crippen molar-refractivity contribution >= 4 is 17.5 Å². The Hall–Kier alpha value is -1.88. The van der Waals surface area contributed by atoms with Gasteiger partial charge in [-0.3, -0.25) is 9.59 Å². The van der Waals surface area contributed by atoms with Gasteiger partial charge in [0.05, 0.1) is 0 Å². The lowest BCUT2D eigenvalue weighted by atomic mass is 9.97. The minimum atomic E-state index is -0.0380. The molecule has 0 saturated carbocycles. The molecule has 1 aliphatic heterocycles. The standard InChI is InChI=1S/C17H25N3O2/c1-12(2)16(21)20-15-5-3-13(4-6-15)11-19-17(22)14-7-9-18-10-8-14/h3-6,12,14,18H,7-11H2,1-2H3,(H,19,22)(H,20,21). The highest BCUT2D eigenvalue weighted by Crippen LogP contribution is 2.13. The SMILES string of the molecule is CC(C)C(=O)Nc1ccc(CNC(=O)C2CCNCC2)cc1. The Morgan fingerprint density at radius 1 is 1.18 bits per heavy atom. The number of benzene rings is 1. The maximum Gasteiger partial charge on any atom is 0.226 e. The van der Waals surface area contributed by atoms with Crippen molar-refractivity contribution in [2.24, 2.45) is 11.8 Å². The average molecular weight is 303 g/mol. The number of hydrogen-bond acceptors (Lipinski definition) is 3. The second kappa shape index (κ2) is 7.94. The van der Waals surface area contributed by atoms with Gasteiger partial charge in [-0.2, -0.15) is 0 Å². The summed E-state index contributed by atoms with van der Waals surface area (Å²) in [7, 11) is 0. The van der Waals surface area contributed by atoms with E-state index in [2.05, 4.69) is 16.0 Å². The van der Waals surface area contributed by atoms with E-state index in [-0.39, 0.29) is 23.7 Å². The van der Waals surface area contributed by atoms with Gasteiger partial charge in [0.2, 0.25) is 11.8 Å². The van der Waals surface area contributed by atoms with Crippen LogP contribution in [0.2, 0.25) is 0 Å². The van der Waals surface area contributed by atoms with Gasteiger partial charge in [0.1, 0.15) is 0 Å². The molecule has 1 saturated heterocycles. The van der Waals surface area contributed by atoms with Gasteiger partial charge in [-0.15, -0.1) is 0 Å². The first kappa shape index (κ1) is 16.5. The van der Waals surface area contributed by atoms with E-state index in [1.807, 2.05) is 38.1 Å². The summed E-state index contributed by atoms with van der Waals surface area (Å²) in [5.41, 5.74) is 1.82. The summed E-state index contributed by atoms with van der Waals surface area (Å²) in [5.74, 6) is 0.237. The molecule has 5 heteroatoms. The smallest absolute Gasteiger partial charge is 0.226 e. The van der Waals surface area contributed by atoms with Crippen LogP contribution >= 0.6 is 0 Å². The maximum atomic E-state index is 12.1. The molecule has 5 nitrogen and oxygen atoms in total. The van der Waals surface area contributed by atoms with Gasteiger partial charge in [-0.05, 0) is 43.6 Å². The molecule has 0 unspecified atom stereocenters. The molecule has 2 rings (SSSR count). The Labute approximate surface area is 131 Å². The molecule has 0 aromatic heterocycles. The quantitative estimate of drug-likeness (QED) is 0.778. The van der Waals surface area contributed by atoms with Crippen molar-refractivity contribution in [3.8, 4) is 0 Å². The zero-order valence-corrected chi connectivity index (χ0v) is 13.3. The molecule has 0 radical (unpaired) electrons. The maximum absolute atomic E-state index is 12.1. The lowest BCUT2D eigenvalue weighted by Crippen LogP contribution is -2.37. The number of rotatable bonds is 5. The topological polar surface area (TPSA) is 70.2 Å². The summed E-state index contributed by atoms with van der Waals surface area (Å²) >= 11 is 0. The highest BCUT2D eigenvalue weighted by molar-refractivity contribution is 5.92. The fourth-order valence-corrected chi connectivity index (χ4v) is 2.41. The van der Waals surface area contributed by atoms with E-state index >= 15 is 0 Å². The zero-order valence-electron chi connectivity index (χ0n) is 13.3. The number of anilines is 1. The highest BCUT2D eigenvalue weighted by atomic mass is 16.2. The largest absolute Gasteiger partial charge is 0.352 e. The molecule has 0 spiro atoms. The summed E-state index contributed by atoms with van der Waals surface area (Å²) in [5, 5.41) is 9.10. The molecule has 1 aromatic rings. The van der Waals surface area contributed by atoms with Crippen LogP contribution in [0.25, 0.3) is 0 Å². The summed E-state index contributed by atoms with van der Waals surface area (Å²) in [4.78, 5) is 23.7.